The van der Waals surface area contributed by atoms with Crippen molar-refractivity contribution in [3.63, 3.8) is 0 Å². The van der Waals surface area contributed by atoms with Crippen molar-refractivity contribution in [3.05, 3.63) is 89.5 Å². The Morgan fingerprint density at radius 3 is 2.71 bits per heavy atom. The van der Waals surface area contributed by atoms with E-state index in [1.54, 1.807) is 30.7 Å². The molecule has 0 saturated heterocycles. The van der Waals surface area contributed by atoms with Crippen molar-refractivity contribution in [1.29, 1.82) is 0 Å². The molecule has 2 aliphatic rings. The molecule has 2 atom stereocenters. The molecule has 1 aliphatic heterocycles. The zero-order valence-corrected chi connectivity index (χ0v) is 18.4. The maximum absolute atomic E-state index is 13.8. The first-order valence-electron chi connectivity index (χ1n) is 11.2. The Kier molecular flexibility index (Phi) is 6.12. The molecule has 0 spiro atoms. The lowest BCUT2D eigenvalue weighted by molar-refractivity contribution is -0.152. The quantitative estimate of drug-likeness (QED) is 0.486. The number of hydrogen-bond donors (Lipinski definition) is 0. The Labute approximate surface area is 195 Å². The molecule has 5 rings (SSSR count). The first kappa shape index (κ1) is 21.9. The predicted octanol–water partition coefficient (Wildman–Crippen LogP) is 4.92. The molecule has 8 heteroatoms. The average molecular weight is 462 g/mol. The molecule has 1 aromatic carbocycles. The smallest absolute Gasteiger partial charge is 0.310 e. The molecule has 1 amide bonds. The van der Waals surface area contributed by atoms with Gasteiger partial charge < -0.3 is 13.6 Å². The van der Waals surface area contributed by atoms with Crippen molar-refractivity contribution in [2.75, 3.05) is 6.61 Å². The first-order valence-corrected chi connectivity index (χ1v) is 11.2. The summed E-state index contributed by atoms with van der Waals surface area (Å²) in [6.45, 7) is -0.495. The summed E-state index contributed by atoms with van der Waals surface area (Å²) in [5, 5.41) is 6.02. The molecule has 0 bridgehead atoms. The van der Waals surface area contributed by atoms with Gasteiger partial charge in [0.05, 0.1) is 24.7 Å². The largest absolute Gasteiger partial charge is 0.467 e. The highest BCUT2D eigenvalue weighted by molar-refractivity contribution is 6.08. The minimum absolute atomic E-state index is 0.0424. The maximum atomic E-state index is 13.8. The van der Waals surface area contributed by atoms with E-state index in [0.29, 0.717) is 5.76 Å². The number of rotatable bonds is 6. The van der Waals surface area contributed by atoms with Gasteiger partial charge in [0, 0.05) is 5.92 Å². The lowest BCUT2D eigenvalue weighted by atomic mass is 9.79. The Morgan fingerprint density at radius 2 is 1.94 bits per heavy atom. The van der Waals surface area contributed by atoms with Gasteiger partial charge in [-0.05, 0) is 66.8 Å². The van der Waals surface area contributed by atoms with Crippen LogP contribution in [0.25, 0.3) is 6.08 Å². The molecular weight excluding hydrogens is 439 g/mol. The number of hydrazone groups is 1. The third-order valence-corrected chi connectivity index (χ3v) is 6.10. The monoisotopic (exact) mass is 462 g/mol. The number of carbonyl (C=O) groups excluding carboxylic acids is 2. The maximum Gasteiger partial charge on any atom is 0.310 e. The number of carbonyl (C=O) groups is 2. The number of esters is 1. The van der Waals surface area contributed by atoms with Crippen molar-refractivity contribution in [3.8, 4) is 0 Å². The summed E-state index contributed by atoms with van der Waals surface area (Å²) in [5.41, 5.74) is 2.04. The predicted molar refractivity (Wildman–Crippen MR) is 121 cm³/mol. The highest BCUT2D eigenvalue weighted by Gasteiger charge is 2.45. The van der Waals surface area contributed by atoms with Crippen molar-refractivity contribution >= 4 is 23.7 Å². The molecular formula is C26H23FN2O5. The van der Waals surface area contributed by atoms with Gasteiger partial charge in [0.1, 0.15) is 23.4 Å². The number of fused-ring (bicyclic) bond motifs is 1. The van der Waals surface area contributed by atoms with E-state index in [4.69, 9.17) is 13.6 Å². The van der Waals surface area contributed by atoms with Crippen LogP contribution in [-0.2, 0) is 20.7 Å². The summed E-state index contributed by atoms with van der Waals surface area (Å²) in [6.07, 6.45) is 7.47. The fourth-order valence-electron chi connectivity index (χ4n) is 4.55. The van der Waals surface area contributed by atoms with Crippen LogP contribution in [0.4, 0.5) is 4.39 Å². The third-order valence-electron chi connectivity index (χ3n) is 6.10. The average Bonchev–Trinajstić information content (AvgIpc) is 3.60. The number of ether oxygens (including phenoxy) is 1. The number of nitrogens with zero attached hydrogens (tertiary/aromatic N) is 2. The van der Waals surface area contributed by atoms with Crippen LogP contribution in [0.2, 0.25) is 0 Å². The topological polar surface area (TPSA) is 85.3 Å². The fraction of sp³-hybridized carbons (Fsp3) is 0.269. The number of benzene rings is 1. The fourth-order valence-corrected chi connectivity index (χ4v) is 4.55. The van der Waals surface area contributed by atoms with Crippen LogP contribution in [0.3, 0.4) is 0 Å². The number of halogens is 1. The highest BCUT2D eigenvalue weighted by atomic mass is 19.1. The van der Waals surface area contributed by atoms with Gasteiger partial charge in [-0.25, -0.2) is 9.40 Å². The van der Waals surface area contributed by atoms with Crippen LogP contribution in [0.15, 0.2) is 80.6 Å². The molecule has 7 nitrogen and oxygen atoms in total. The van der Waals surface area contributed by atoms with E-state index in [0.717, 1.165) is 36.3 Å². The normalized spacial score (nSPS) is 20.8. The van der Waals surface area contributed by atoms with E-state index in [9.17, 15) is 14.0 Å². The summed E-state index contributed by atoms with van der Waals surface area (Å²) in [5.74, 6) is -0.347. The minimum Gasteiger partial charge on any atom is -0.467 e. The number of furan rings is 2. The van der Waals surface area contributed by atoms with Gasteiger partial charge in [-0.15, -0.1) is 0 Å². The lowest BCUT2D eigenvalue weighted by Gasteiger charge is -2.27. The Hall–Kier alpha value is -3.94. The number of allylic oxidation sites excluding steroid dienone is 1. The van der Waals surface area contributed by atoms with Crippen LogP contribution >= 0.6 is 0 Å². The van der Waals surface area contributed by atoms with Crippen LogP contribution in [0.1, 0.15) is 42.4 Å². The Morgan fingerprint density at radius 1 is 1.12 bits per heavy atom. The molecule has 1 aliphatic carbocycles. The molecule has 1 saturated carbocycles. The van der Waals surface area contributed by atoms with E-state index < -0.39 is 30.3 Å². The molecule has 3 aromatic rings. The van der Waals surface area contributed by atoms with Gasteiger partial charge in [0.2, 0.25) is 0 Å². The van der Waals surface area contributed by atoms with Gasteiger partial charge in [-0.2, -0.15) is 5.10 Å². The SMILES string of the molecule is O=C(Cc1ccccc1F)OCC(=O)N1N=C2C(=Cc3ccco3)CCCC2C1c1ccco1. The van der Waals surface area contributed by atoms with Crippen LogP contribution in [0.5, 0.6) is 0 Å². The first-order chi connectivity index (χ1) is 16.6. The zero-order chi connectivity index (χ0) is 23.5. The van der Waals surface area contributed by atoms with Gasteiger partial charge >= 0.3 is 5.97 Å². The Bertz CT molecular complexity index is 1230. The minimum atomic E-state index is -0.685. The molecule has 3 heterocycles. The van der Waals surface area contributed by atoms with Crippen molar-refractivity contribution in [2.45, 2.75) is 31.7 Å². The molecule has 1 fully saturated rings. The van der Waals surface area contributed by atoms with E-state index in [2.05, 4.69) is 5.10 Å². The number of amides is 1. The summed E-state index contributed by atoms with van der Waals surface area (Å²) < 4.78 is 30.1. The number of hydrogen-bond acceptors (Lipinski definition) is 6. The van der Waals surface area contributed by atoms with Crippen LogP contribution in [-0.4, -0.2) is 29.2 Å². The van der Waals surface area contributed by atoms with E-state index >= 15 is 0 Å². The molecule has 0 radical (unpaired) electrons. The van der Waals surface area contributed by atoms with Crippen LogP contribution < -0.4 is 0 Å². The van der Waals surface area contributed by atoms with Gasteiger partial charge in [-0.1, -0.05) is 18.2 Å². The molecule has 174 valence electrons. The third kappa shape index (κ3) is 4.44. The van der Waals surface area contributed by atoms with Crippen molar-refractivity contribution in [2.24, 2.45) is 11.0 Å². The molecule has 2 unspecified atom stereocenters. The van der Waals surface area contributed by atoms with Gasteiger partial charge in [-0.3, -0.25) is 9.59 Å². The van der Waals surface area contributed by atoms with Gasteiger partial charge in [0.15, 0.2) is 6.61 Å². The highest BCUT2D eigenvalue weighted by Crippen LogP contribution is 2.44. The second kappa shape index (κ2) is 9.51. The van der Waals surface area contributed by atoms with Gasteiger partial charge in [0.25, 0.3) is 5.91 Å². The van der Waals surface area contributed by atoms with Crippen molar-refractivity contribution in [1.82, 2.24) is 5.01 Å². The Balaban J connectivity index is 1.35. The summed E-state index contributed by atoms with van der Waals surface area (Å²) in [6, 6.07) is 12.8. The van der Waals surface area contributed by atoms with E-state index in [-0.39, 0.29) is 17.9 Å². The van der Waals surface area contributed by atoms with E-state index in [1.165, 1.54) is 17.1 Å². The van der Waals surface area contributed by atoms with Crippen molar-refractivity contribution < 1.29 is 27.6 Å². The second-order valence-electron chi connectivity index (χ2n) is 8.30. The van der Waals surface area contributed by atoms with E-state index in [1.807, 2.05) is 24.3 Å². The lowest BCUT2D eigenvalue weighted by Crippen LogP contribution is -2.34. The molecule has 2 aromatic heterocycles. The summed E-state index contributed by atoms with van der Waals surface area (Å²) in [7, 11) is 0. The molecule has 0 N–H and O–H groups in total. The van der Waals surface area contributed by atoms with Crippen LogP contribution in [0, 0.1) is 11.7 Å². The standard InChI is InChI=1S/C26H23FN2O5/c27-21-10-2-1-6-17(21)15-24(31)34-16-23(30)29-26(22-11-5-13-33-22)20-9-3-7-18(25(20)28-29)14-19-8-4-12-32-19/h1-2,4-6,8,10-14,20,26H,3,7,9,15-16H2. The summed E-state index contributed by atoms with van der Waals surface area (Å²) in [4.78, 5) is 25.4. The second-order valence-corrected chi connectivity index (χ2v) is 8.30. The summed E-state index contributed by atoms with van der Waals surface area (Å²) >= 11 is 0. The zero-order valence-electron chi connectivity index (χ0n) is 18.4. The molecule has 34 heavy (non-hydrogen) atoms.